The molecular weight excluding hydrogens is 116 g/mol. The predicted octanol–water partition coefficient (Wildman–Crippen LogP) is -1.77. The van der Waals surface area contributed by atoms with Crippen LogP contribution in [0.25, 0.3) is 0 Å². The van der Waals surface area contributed by atoms with Crippen molar-refractivity contribution in [2.75, 3.05) is 0 Å². The van der Waals surface area contributed by atoms with Crippen molar-refractivity contribution in [2.24, 2.45) is 5.73 Å². The van der Waals surface area contributed by atoms with Gasteiger partial charge in [-0.25, -0.2) is 10.9 Å². The minimum Gasteiger partial charge on any atom is -0.383 e. The minimum atomic E-state index is 0.104. The van der Waals surface area contributed by atoms with E-state index < -0.39 is 0 Å². The van der Waals surface area contributed by atoms with Gasteiger partial charge in [0.05, 0.1) is 18.2 Å². The highest BCUT2D eigenvalue weighted by molar-refractivity contribution is 5.13. The minimum absolute atomic E-state index is 0.104. The summed E-state index contributed by atoms with van der Waals surface area (Å²) in [7, 11) is 0. The molecule has 0 aromatic carbocycles. The summed E-state index contributed by atoms with van der Waals surface area (Å²) in [5.74, 6) is 0. The van der Waals surface area contributed by atoms with Gasteiger partial charge in [-0.1, -0.05) is 0 Å². The van der Waals surface area contributed by atoms with Crippen LogP contribution in [-0.4, -0.2) is 18.2 Å². The van der Waals surface area contributed by atoms with Crippen molar-refractivity contribution >= 4 is 0 Å². The van der Waals surface area contributed by atoms with E-state index in [-0.39, 0.29) is 6.17 Å². The molecule has 1 unspecified atom stereocenters. The molecule has 4 nitrogen and oxygen atoms in total. The molecule has 0 aromatic rings. The zero-order chi connectivity index (χ0) is 6.27. The van der Waals surface area contributed by atoms with Gasteiger partial charge >= 0.3 is 0 Å². The van der Waals surface area contributed by atoms with Gasteiger partial charge in [0, 0.05) is 0 Å². The maximum absolute atomic E-state index is 5.59. The van der Waals surface area contributed by atoms with E-state index in [1.807, 2.05) is 6.20 Å². The van der Waals surface area contributed by atoms with Crippen molar-refractivity contribution < 1.29 is 0 Å². The Morgan fingerprint density at radius 3 is 2.22 bits per heavy atom. The van der Waals surface area contributed by atoms with Crippen molar-refractivity contribution in [3.05, 3.63) is 12.3 Å². The third-order valence-electron chi connectivity index (χ3n) is 1.78. The van der Waals surface area contributed by atoms with E-state index in [4.69, 9.17) is 5.73 Å². The first kappa shape index (κ1) is 5.22. The Balaban J connectivity index is 1.91. The topological polar surface area (TPSA) is 62.1 Å². The van der Waals surface area contributed by atoms with Gasteiger partial charge < -0.3 is 11.1 Å². The van der Waals surface area contributed by atoms with E-state index in [2.05, 4.69) is 22.2 Å². The first-order valence-electron chi connectivity index (χ1n) is 3.07. The Morgan fingerprint density at radius 2 is 2.11 bits per heavy atom. The monoisotopic (exact) mass is 126 g/mol. The molecule has 3 atom stereocenters. The van der Waals surface area contributed by atoms with Crippen molar-refractivity contribution in [3.63, 3.8) is 0 Å². The van der Waals surface area contributed by atoms with Crippen LogP contribution in [0.2, 0.25) is 0 Å². The molecule has 50 valence electrons. The van der Waals surface area contributed by atoms with Gasteiger partial charge in [0.2, 0.25) is 0 Å². The van der Waals surface area contributed by atoms with Crippen LogP contribution in [-0.2, 0) is 0 Å². The van der Waals surface area contributed by atoms with Crippen molar-refractivity contribution in [1.29, 1.82) is 0 Å². The van der Waals surface area contributed by atoms with E-state index in [0.29, 0.717) is 12.1 Å². The normalized spacial score (nSPS) is 47.0. The fraction of sp³-hybridized carbons (Fsp3) is 0.600. The van der Waals surface area contributed by atoms with Gasteiger partial charge in [-0.2, -0.15) is 0 Å². The molecular formula is C5H10N4. The summed E-state index contributed by atoms with van der Waals surface area (Å²) in [5.41, 5.74) is 11.5. The zero-order valence-electron chi connectivity index (χ0n) is 4.96. The smallest absolute Gasteiger partial charge is 0.0871 e. The van der Waals surface area contributed by atoms with Crippen molar-refractivity contribution in [3.8, 4) is 0 Å². The lowest BCUT2D eigenvalue weighted by atomic mass is 10.0. The Bertz CT molecular complexity index is 144. The molecule has 9 heavy (non-hydrogen) atoms. The molecule has 4 heteroatoms. The molecule has 2 rings (SSSR count). The average Bonchev–Trinajstić information content (AvgIpc) is 1.74. The van der Waals surface area contributed by atoms with Crippen molar-refractivity contribution in [2.45, 2.75) is 18.2 Å². The molecule has 0 aliphatic carbocycles. The molecule has 2 aliphatic rings. The number of nitrogens with one attached hydrogen (secondary N) is 3. The Hall–Kier alpha value is -0.580. The highest BCUT2D eigenvalue weighted by Gasteiger charge is 2.34. The maximum atomic E-state index is 5.59. The summed E-state index contributed by atoms with van der Waals surface area (Å²) in [6, 6.07) is 0.802. The van der Waals surface area contributed by atoms with Crippen LogP contribution in [0.1, 0.15) is 0 Å². The quantitative estimate of drug-likeness (QED) is 0.336. The van der Waals surface area contributed by atoms with Gasteiger partial charge in [-0.3, -0.25) is 0 Å². The van der Waals surface area contributed by atoms with Gasteiger partial charge in [0.25, 0.3) is 0 Å². The van der Waals surface area contributed by atoms with E-state index >= 15 is 0 Å². The standard InChI is InChI=1S/C5H10N4/c6-5-4(8-9-5)3-1-2-7-3/h1-5,7-9H,6H2/t3?,4-,5-/m0/s1. The van der Waals surface area contributed by atoms with Crippen LogP contribution in [0.3, 0.4) is 0 Å². The van der Waals surface area contributed by atoms with E-state index in [1.165, 1.54) is 0 Å². The molecule has 0 aromatic heterocycles. The largest absolute Gasteiger partial charge is 0.383 e. The Kier molecular flexibility index (Phi) is 0.986. The van der Waals surface area contributed by atoms with Crippen LogP contribution >= 0.6 is 0 Å². The van der Waals surface area contributed by atoms with Gasteiger partial charge in [-0.05, 0) is 12.3 Å². The van der Waals surface area contributed by atoms with Crippen LogP contribution in [0.4, 0.5) is 0 Å². The summed E-state index contributed by atoms with van der Waals surface area (Å²) < 4.78 is 0. The molecule has 0 amide bonds. The van der Waals surface area contributed by atoms with Gasteiger partial charge in [0.1, 0.15) is 0 Å². The highest BCUT2D eigenvalue weighted by atomic mass is 15.5. The fourth-order valence-corrected chi connectivity index (χ4v) is 1.02. The third kappa shape index (κ3) is 0.642. The van der Waals surface area contributed by atoms with Crippen molar-refractivity contribution in [1.82, 2.24) is 16.2 Å². The summed E-state index contributed by atoms with van der Waals surface area (Å²) >= 11 is 0. The molecule has 0 bridgehead atoms. The number of rotatable bonds is 1. The molecule has 2 heterocycles. The number of hydrogen-bond donors (Lipinski definition) is 4. The van der Waals surface area contributed by atoms with E-state index in [1.54, 1.807) is 0 Å². The second kappa shape index (κ2) is 1.70. The van der Waals surface area contributed by atoms with Crippen LogP contribution in [0.15, 0.2) is 12.3 Å². The second-order valence-corrected chi connectivity index (χ2v) is 2.39. The number of hydrazine groups is 1. The second-order valence-electron chi connectivity index (χ2n) is 2.39. The lowest BCUT2D eigenvalue weighted by molar-refractivity contribution is 0.173. The molecule has 0 saturated carbocycles. The number of nitrogens with two attached hydrogens (primary N) is 1. The van der Waals surface area contributed by atoms with E-state index in [0.717, 1.165) is 0 Å². The summed E-state index contributed by atoms with van der Waals surface area (Å²) in [4.78, 5) is 0. The fourth-order valence-electron chi connectivity index (χ4n) is 1.02. The molecule has 2 aliphatic heterocycles. The first-order chi connectivity index (χ1) is 4.38. The zero-order valence-corrected chi connectivity index (χ0v) is 4.96. The predicted molar refractivity (Wildman–Crippen MR) is 34.1 cm³/mol. The number of hydrogen-bond acceptors (Lipinski definition) is 4. The molecule has 0 spiro atoms. The molecule has 0 radical (unpaired) electrons. The Morgan fingerprint density at radius 1 is 1.33 bits per heavy atom. The molecule has 1 fully saturated rings. The van der Waals surface area contributed by atoms with Crippen LogP contribution in [0.5, 0.6) is 0 Å². The van der Waals surface area contributed by atoms with Gasteiger partial charge in [0.15, 0.2) is 0 Å². The van der Waals surface area contributed by atoms with Gasteiger partial charge in [-0.15, -0.1) is 0 Å². The van der Waals surface area contributed by atoms with Crippen LogP contribution in [0, 0.1) is 0 Å². The lowest BCUT2D eigenvalue weighted by Crippen LogP contribution is -2.77. The summed E-state index contributed by atoms with van der Waals surface area (Å²) in [6.07, 6.45) is 4.13. The van der Waals surface area contributed by atoms with Crippen LogP contribution < -0.4 is 21.9 Å². The third-order valence-corrected chi connectivity index (χ3v) is 1.78. The SMILES string of the molecule is N[C@H]1NN[C@H]1C1C=CN1. The average molecular weight is 126 g/mol. The highest BCUT2D eigenvalue weighted by Crippen LogP contribution is 2.08. The Labute approximate surface area is 53.5 Å². The molecule has 1 saturated heterocycles. The lowest BCUT2D eigenvalue weighted by Gasteiger charge is -2.42. The maximum Gasteiger partial charge on any atom is 0.0871 e. The molecule has 5 N–H and O–H groups in total. The summed E-state index contributed by atoms with van der Waals surface area (Å²) in [5, 5.41) is 3.11. The first-order valence-corrected chi connectivity index (χ1v) is 3.07. The summed E-state index contributed by atoms with van der Waals surface area (Å²) in [6.45, 7) is 0. The van der Waals surface area contributed by atoms with E-state index in [9.17, 15) is 0 Å².